The van der Waals surface area contributed by atoms with Crippen LogP contribution >= 0.6 is 0 Å². The van der Waals surface area contributed by atoms with Crippen LogP contribution in [0.5, 0.6) is 5.75 Å². The molecule has 0 saturated carbocycles. The van der Waals surface area contributed by atoms with Crippen LogP contribution in [0.25, 0.3) is 5.65 Å². The largest absolute Gasteiger partial charge is 0.493 e. The molecule has 1 spiro atoms. The molecule has 1 aromatic carbocycles. The highest BCUT2D eigenvalue weighted by atomic mass is 16.5. The predicted molar refractivity (Wildman–Crippen MR) is 106 cm³/mol. The second-order valence-corrected chi connectivity index (χ2v) is 7.30. The van der Waals surface area contributed by atoms with Gasteiger partial charge in [0.15, 0.2) is 5.54 Å². The third kappa shape index (κ3) is 2.86. The smallest absolute Gasteiger partial charge is 0.325 e. The molecule has 30 heavy (non-hydrogen) atoms. The van der Waals surface area contributed by atoms with Crippen molar-refractivity contribution < 1.29 is 19.1 Å². The molecule has 5 rings (SSSR count). The van der Waals surface area contributed by atoms with Crippen molar-refractivity contribution in [2.24, 2.45) is 0 Å². The zero-order valence-corrected chi connectivity index (χ0v) is 16.0. The van der Waals surface area contributed by atoms with Crippen molar-refractivity contribution in [3.8, 4) is 5.75 Å². The van der Waals surface area contributed by atoms with Crippen LogP contribution < -0.4 is 15.4 Å². The molecule has 1 atom stereocenters. The van der Waals surface area contributed by atoms with Crippen molar-refractivity contribution >= 4 is 23.5 Å². The Bertz CT molecular complexity index is 1140. The summed E-state index contributed by atoms with van der Waals surface area (Å²) in [6.07, 6.45) is 4.00. The normalized spacial score (nSPS) is 20.2. The van der Waals surface area contributed by atoms with Crippen LogP contribution in [0, 0.1) is 0 Å². The predicted octanol–water partition coefficient (Wildman–Crippen LogP) is 1.18. The fourth-order valence-electron chi connectivity index (χ4n) is 3.98. The number of imide groups is 1. The number of urea groups is 1. The van der Waals surface area contributed by atoms with E-state index in [1.165, 1.54) is 0 Å². The van der Waals surface area contributed by atoms with Gasteiger partial charge in [0.25, 0.3) is 5.91 Å². The minimum atomic E-state index is -1.19. The zero-order chi connectivity index (χ0) is 20.7. The Hall–Kier alpha value is -3.88. The summed E-state index contributed by atoms with van der Waals surface area (Å²) in [6.45, 7) is 0.145. The number of para-hydroxylation sites is 1. The van der Waals surface area contributed by atoms with Crippen LogP contribution in [0.15, 0.2) is 54.9 Å². The topological polar surface area (TPSA) is 105 Å². The Labute approximate surface area is 171 Å². The summed E-state index contributed by atoms with van der Waals surface area (Å²) in [6, 6.07) is 12.2. The number of nitrogens with one attached hydrogen (secondary N) is 2. The molecule has 2 aliphatic rings. The van der Waals surface area contributed by atoms with Gasteiger partial charge in [0.2, 0.25) is 5.91 Å². The summed E-state index contributed by atoms with van der Waals surface area (Å²) in [5.41, 5.74) is 0.883. The molecule has 2 aromatic heterocycles. The third-order valence-corrected chi connectivity index (χ3v) is 5.44. The number of amides is 4. The maximum atomic E-state index is 13.2. The van der Waals surface area contributed by atoms with Crippen LogP contribution in [-0.4, -0.2) is 45.3 Å². The molecule has 9 heteroatoms. The first-order valence-electron chi connectivity index (χ1n) is 9.62. The van der Waals surface area contributed by atoms with Crippen molar-refractivity contribution in [3.63, 3.8) is 0 Å². The van der Waals surface area contributed by atoms with E-state index in [0.29, 0.717) is 30.0 Å². The maximum Gasteiger partial charge on any atom is 0.325 e. The highest BCUT2D eigenvalue weighted by molar-refractivity contribution is 6.09. The molecule has 0 radical (unpaired) electrons. The molecular formula is C21H19N5O4. The van der Waals surface area contributed by atoms with E-state index < -0.39 is 23.4 Å². The lowest BCUT2D eigenvalue weighted by Gasteiger charge is -2.33. The first-order chi connectivity index (χ1) is 14.6. The SMILES string of the molecule is O=C(CN1C(=O)N[C@]2(CCOc3ccccc32)C1=O)NCc1cn2ccccc2n1. The number of ether oxygens (including phenoxy) is 1. The number of hydrogen-bond acceptors (Lipinski definition) is 5. The van der Waals surface area contributed by atoms with E-state index in [1.807, 2.05) is 41.1 Å². The molecule has 2 N–H and O–H groups in total. The van der Waals surface area contributed by atoms with Crippen molar-refractivity contribution in [1.82, 2.24) is 24.9 Å². The van der Waals surface area contributed by atoms with E-state index in [1.54, 1.807) is 18.2 Å². The monoisotopic (exact) mass is 405 g/mol. The van der Waals surface area contributed by atoms with Gasteiger partial charge in [-0.25, -0.2) is 9.78 Å². The van der Waals surface area contributed by atoms with Crippen LogP contribution in [-0.2, 0) is 21.7 Å². The van der Waals surface area contributed by atoms with Gasteiger partial charge in [0.1, 0.15) is 17.9 Å². The van der Waals surface area contributed by atoms with Crippen molar-refractivity contribution in [1.29, 1.82) is 0 Å². The number of imidazole rings is 1. The average Bonchev–Trinajstić information content (AvgIpc) is 3.27. The zero-order valence-electron chi connectivity index (χ0n) is 16.0. The Balaban J connectivity index is 1.29. The lowest BCUT2D eigenvalue weighted by atomic mass is 9.84. The maximum absolute atomic E-state index is 13.2. The molecule has 1 saturated heterocycles. The van der Waals surface area contributed by atoms with Crippen molar-refractivity contribution in [3.05, 3.63) is 66.1 Å². The number of fused-ring (bicyclic) bond motifs is 3. The Morgan fingerprint density at radius 1 is 1.20 bits per heavy atom. The molecule has 0 unspecified atom stereocenters. The standard InChI is InChI=1S/C21H19N5O4/c27-18(22-11-14-12-25-9-4-3-7-17(25)23-14)13-26-19(28)21(24-20(26)29)8-10-30-16-6-2-1-5-15(16)21/h1-7,9,12H,8,10-11,13H2,(H,22,27)(H,24,29)/t21-/m0/s1. The number of nitrogens with zero attached hydrogens (tertiary/aromatic N) is 3. The summed E-state index contributed by atoms with van der Waals surface area (Å²) < 4.78 is 7.46. The van der Waals surface area contributed by atoms with E-state index >= 15 is 0 Å². The van der Waals surface area contributed by atoms with Gasteiger partial charge in [-0.2, -0.15) is 0 Å². The number of hydrogen-bond donors (Lipinski definition) is 2. The Morgan fingerprint density at radius 2 is 2.03 bits per heavy atom. The molecule has 9 nitrogen and oxygen atoms in total. The molecule has 4 amide bonds. The summed E-state index contributed by atoms with van der Waals surface area (Å²) in [7, 11) is 0. The lowest BCUT2D eigenvalue weighted by Crippen LogP contribution is -2.48. The molecule has 3 aromatic rings. The van der Waals surface area contributed by atoms with E-state index in [0.717, 1.165) is 10.5 Å². The molecular weight excluding hydrogens is 386 g/mol. The summed E-state index contributed by atoms with van der Waals surface area (Å²) in [5.74, 6) is -0.311. The van der Waals surface area contributed by atoms with Gasteiger partial charge in [-0.05, 0) is 18.2 Å². The van der Waals surface area contributed by atoms with E-state index in [2.05, 4.69) is 15.6 Å². The molecule has 152 valence electrons. The van der Waals surface area contributed by atoms with Gasteiger partial charge in [-0.3, -0.25) is 14.5 Å². The van der Waals surface area contributed by atoms with Crippen molar-refractivity contribution in [2.45, 2.75) is 18.5 Å². The molecule has 0 bridgehead atoms. The fraction of sp³-hybridized carbons (Fsp3) is 0.238. The second kappa shape index (κ2) is 6.87. The fourth-order valence-corrected chi connectivity index (χ4v) is 3.98. The molecule has 4 heterocycles. The number of benzene rings is 1. The number of aromatic nitrogens is 2. The van der Waals surface area contributed by atoms with E-state index in [-0.39, 0.29) is 13.1 Å². The molecule has 1 fully saturated rings. The van der Waals surface area contributed by atoms with Gasteiger partial charge < -0.3 is 19.8 Å². The van der Waals surface area contributed by atoms with Crippen LogP contribution in [0.2, 0.25) is 0 Å². The van der Waals surface area contributed by atoms with E-state index in [4.69, 9.17) is 4.74 Å². The Kier molecular flexibility index (Phi) is 4.16. The quantitative estimate of drug-likeness (QED) is 0.635. The van der Waals surface area contributed by atoms with Crippen LogP contribution in [0.3, 0.4) is 0 Å². The van der Waals surface area contributed by atoms with Crippen molar-refractivity contribution in [2.75, 3.05) is 13.2 Å². The lowest BCUT2D eigenvalue weighted by molar-refractivity contribution is -0.136. The van der Waals surface area contributed by atoms with Gasteiger partial charge in [-0.1, -0.05) is 24.3 Å². The second-order valence-electron chi connectivity index (χ2n) is 7.30. The van der Waals surface area contributed by atoms with Crippen LogP contribution in [0.1, 0.15) is 17.7 Å². The minimum absolute atomic E-state index is 0.200. The summed E-state index contributed by atoms with van der Waals surface area (Å²) >= 11 is 0. The minimum Gasteiger partial charge on any atom is -0.493 e. The Morgan fingerprint density at radius 3 is 2.90 bits per heavy atom. The summed E-state index contributed by atoms with van der Waals surface area (Å²) in [4.78, 5) is 43.6. The van der Waals surface area contributed by atoms with E-state index in [9.17, 15) is 14.4 Å². The molecule has 0 aliphatic carbocycles. The van der Waals surface area contributed by atoms with Gasteiger partial charge in [0.05, 0.1) is 18.8 Å². The first kappa shape index (κ1) is 18.2. The highest BCUT2D eigenvalue weighted by Gasteiger charge is 2.55. The highest BCUT2D eigenvalue weighted by Crippen LogP contribution is 2.40. The summed E-state index contributed by atoms with van der Waals surface area (Å²) in [5, 5.41) is 5.51. The third-order valence-electron chi connectivity index (χ3n) is 5.44. The van der Waals surface area contributed by atoms with Crippen LogP contribution in [0.4, 0.5) is 4.79 Å². The number of carbonyl (C=O) groups is 3. The van der Waals surface area contributed by atoms with Gasteiger partial charge >= 0.3 is 6.03 Å². The van der Waals surface area contributed by atoms with Gasteiger partial charge in [0, 0.05) is 24.4 Å². The average molecular weight is 405 g/mol. The number of carbonyl (C=O) groups excluding carboxylic acids is 3. The number of pyridine rings is 1. The van der Waals surface area contributed by atoms with Gasteiger partial charge in [-0.15, -0.1) is 0 Å². The number of rotatable bonds is 4. The molecule has 2 aliphatic heterocycles. The first-order valence-corrected chi connectivity index (χ1v) is 9.62.